The minimum atomic E-state index is 0.575. The highest BCUT2D eigenvalue weighted by atomic mass is 16.5. The zero-order valence-electron chi connectivity index (χ0n) is 10.3. The smallest absolute Gasteiger partial charge is 0.137 e. The highest BCUT2D eigenvalue weighted by Gasteiger charge is 2.05. The Kier molecular flexibility index (Phi) is 2.77. The van der Waals surface area contributed by atoms with Gasteiger partial charge in [0, 0.05) is 24.7 Å². The molecule has 0 aliphatic rings. The lowest BCUT2D eigenvalue weighted by Gasteiger charge is -2.07. The van der Waals surface area contributed by atoms with Gasteiger partial charge in [-0.3, -0.25) is 0 Å². The Morgan fingerprint density at radius 2 is 1.94 bits per heavy atom. The Morgan fingerprint density at radius 1 is 1.11 bits per heavy atom. The van der Waals surface area contributed by atoms with Crippen LogP contribution in [-0.4, -0.2) is 4.57 Å². The molecule has 3 aromatic rings. The van der Waals surface area contributed by atoms with Crippen LogP contribution in [0.5, 0.6) is 5.75 Å². The van der Waals surface area contributed by atoms with Crippen molar-refractivity contribution in [2.45, 2.75) is 6.61 Å². The summed E-state index contributed by atoms with van der Waals surface area (Å²) in [5.74, 6) is 0.817. The molecule has 1 heterocycles. The van der Waals surface area contributed by atoms with E-state index in [4.69, 9.17) is 4.74 Å². The van der Waals surface area contributed by atoms with Crippen molar-refractivity contribution >= 4 is 10.9 Å². The van der Waals surface area contributed by atoms with Crippen LogP contribution < -0.4 is 4.74 Å². The highest BCUT2D eigenvalue weighted by molar-refractivity contribution is 5.86. The van der Waals surface area contributed by atoms with Gasteiger partial charge in [0.2, 0.25) is 0 Å². The van der Waals surface area contributed by atoms with E-state index in [1.54, 1.807) is 0 Å². The van der Waals surface area contributed by atoms with Crippen LogP contribution in [0, 0.1) is 6.07 Å². The molecule has 1 aromatic heterocycles. The molecule has 89 valence electrons. The van der Waals surface area contributed by atoms with Crippen LogP contribution in [0.1, 0.15) is 5.56 Å². The van der Waals surface area contributed by atoms with Crippen molar-refractivity contribution in [1.82, 2.24) is 4.57 Å². The van der Waals surface area contributed by atoms with Gasteiger partial charge in [0.1, 0.15) is 12.4 Å². The molecule has 18 heavy (non-hydrogen) atoms. The predicted octanol–water partition coefficient (Wildman–Crippen LogP) is 3.56. The van der Waals surface area contributed by atoms with Gasteiger partial charge in [0.15, 0.2) is 0 Å². The fraction of sp³-hybridized carbons (Fsp3) is 0.125. The van der Waals surface area contributed by atoms with Gasteiger partial charge in [-0.25, -0.2) is 0 Å². The summed E-state index contributed by atoms with van der Waals surface area (Å²) in [5.41, 5.74) is 2.33. The molecule has 0 spiro atoms. The largest absolute Gasteiger partial charge is 0.488 e. The van der Waals surface area contributed by atoms with Crippen LogP contribution in [0.4, 0.5) is 0 Å². The van der Waals surface area contributed by atoms with E-state index in [0.29, 0.717) is 6.61 Å². The van der Waals surface area contributed by atoms with Gasteiger partial charge in [0.25, 0.3) is 0 Å². The minimum absolute atomic E-state index is 0.575. The second-order valence-corrected chi connectivity index (χ2v) is 4.31. The summed E-state index contributed by atoms with van der Waals surface area (Å²) in [4.78, 5) is 0. The summed E-state index contributed by atoms with van der Waals surface area (Å²) in [6.45, 7) is 0.575. The molecular formula is C16H14NO. The first-order chi connectivity index (χ1) is 8.84. The standard InChI is InChI=1S/C16H14NO/c1-17-11-10-14-15(17)8-5-9-16(14)18-12-13-6-3-2-4-7-13/h2-8,10-11H,12H2,1H3. The number of aromatic nitrogens is 1. The molecule has 0 saturated heterocycles. The van der Waals surface area contributed by atoms with Crippen LogP contribution >= 0.6 is 0 Å². The molecular weight excluding hydrogens is 222 g/mol. The third kappa shape index (κ3) is 1.97. The van der Waals surface area contributed by atoms with Crippen LogP contribution in [0.25, 0.3) is 10.9 Å². The van der Waals surface area contributed by atoms with Gasteiger partial charge in [-0.1, -0.05) is 30.3 Å². The van der Waals surface area contributed by atoms with Crippen LogP contribution in [0.15, 0.2) is 54.7 Å². The third-order valence-electron chi connectivity index (χ3n) is 3.05. The molecule has 0 fully saturated rings. The molecule has 0 saturated carbocycles. The van der Waals surface area contributed by atoms with E-state index in [1.165, 1.54) is 5.56 Å². The zero-order valence-corrected chi connectivity index (χ0v) is 10.3. The summed E-state index contributed by atoms with van der Waals surface area (Å²) in [5, 5.41) is 1.11. The molecule has 0 bridgehead atoms. The molecule has 0 N–H and O–H groups in total. The Hall–Kier alpha value is -2.22. The van der Waals surface area contributed by atoms with Crippen molar-refractivity contribution in [3.05, 3.63) is 66.4 Å². The fourth-order valence-electron chi connectivity index (χ4n) is 2.06. The van der Waals surface area contributed by atoms with Crippen molar-refractivity contribution in [2.24, 2.45) is 7.05 Å². The lowest BCUT2D eigenvalue weighted by atomic mass is 10.2. The SMILES string of the molecule is Cn1ccc2c(OCc3ccccc3)[c]ccc21. The van der Waals surface area contributed by atoms with Gasteiger partial charge in [-0.15, -0.1) is 0 Å². The quantitative estimate of drug-likeness (QED) is 0.678. The normalized spacial score (nSPS) is 10.7. The number of ether oxygens (including phenoxy) is 1. The van der Waals surface area contributed by atoms with Gasteiger partial charge in [-0.2, -0.15) is 0 Å². The first-order valence-corrected chi connectivity index (χ1v) is 5.97. The Bertz CT molecular complexity index is 655. The van der Waals surface area contributed by atoms with Crippen molar-refractivity contribution in [3.8, 4) is 5.75 Å². The van der Waals surface area contributed by atoms with Gasteiger partial charge in [-0.05, 0) is 23.8 Å². The Balaban J connectivity index is 1.87. The van der Waals surface area contributed by atoms with Crippen LogP contribution in [-0.2, 0) is 13.7 Å². The summed E-state index contributed by atoms with van der Waals surface area (Å²) in [6, 6.07) is 19.3. The first-order valence-electron chi connectivity index (χ1n) is 5.97. The highest BCUT2D eigenvalue weighted by Crippen LogP contribution is 2.26. The first kappa shape index (κ1) is 10.9. The second kappa shape index (κ2) is 4.57. The summed E-state index contributed by atoms with van der Waals surface area (Å²) < 4.78 is 7.93. The molecule has 0 aliphatic carbocycles. The second-order valence-electron chi connectivity index (χ2n) is 4.31. The molecule has 0 aliphatic heterocycles. The Morgan fingerprint density at radius 3 is 2.78 bits per heavy atom. The van der Waals surface area contributed by atoms with Crippen LogP contribution in [0.2, 0.25) is 0 Å². The number of nitrogens with zero attached hydrogens (tertiary/aromatic N) is 1. The topological polar surface area (TPSA) is 14.2 Å². The predicted molar refractivity (Wildman–Crippen MR) is 72.5 cm³/mol. The van der Waals surface area contributed by atoms with Crippen LogP contribution in [0.3, 0.4) is 0 Å². The van der Waals surface area contributed by atoms with E-state index in [9.17, 15) is 0 Å². The molecule has 0 unspecified atom stereocenters. The number of hydrogen-bond acceptors (Lipinski definition) is 1. The van der Waals surface area contributed by atoms with Gasteiger partial charge in [0.05, 0.1) is 5.52 Å². The van der Waals surface area contributed by atoms with Crippen molar-refractivity contribution in [3.63, 3.8) is 0 Å². The summed E-state index contributed by atoms with van der Waals surface area (Å²) >= 11 is 0. The van der Waals surface area contributed by atoms with E-state index in [2.05, 4.69) is 28.8 Å². The maximum Gasteiger partial charge on any atom is 0.137 e. The maximum absolute atomic E-state index is 5.85. The average molecular weight is 236 g/mol. The molecule has 2 aromatic carbocycles. The molecule has 2 nitrogen and oxygen atoms in total. The monoisotopic (exact) mass is 236 g/mol. The number of aryl methyl sites for hydroxylation is 1. The average Bonchev–Trinajstić information content (AvgIpc) is 2.80. The van der Waals surface area contributed by atoms with Crippen molar-refractivity contribution in [1.29, 1.82) is 0 Å². The molecule has 3 rings (SSSR count). The van der Waals surface area contributed by atoms with E-state index >= 15 is 0 Å². The molecule has 1 radical (unpaired) electrons. The van der Waals surface area contributed by atoms with Crippen molar-refractivity contribution < 1.29 is 4.74 Å². The third-order valence-corrected chi connectivity index (χ3v) is 3.05. The zero-order chi connectivity index (χ0) is 12.4. The van der Waals surface area contributed by atoms with E-state index in [0.717, 1.165) is 16.7 Å². The van der Waals surface area contributed by atoms with Crippen molar-refractivity contribution in [2.75, 3.05) is 0 Å². The fourth-order valence-corrected chi connectivity index (χ4v) is 2.06. The lowest BCUT2D eigenvalue weighted by Crippen LogP contribution is -1.95. The number of benzene rings is 2. The minimum Gasteiger partial charge on any atom is -0.488 e. The maximum atomic E-state index is 5.85. The van der Waals surface area contributed by atoms with E-state index in [1.807, 2.05) is 43.6 Å². The Labute approximate surface area is 106 Å². The number of rotatable bonds is 3. The molecule has 0 amide bonds. The van der Waals surface area contributed by atoms with E-state index in [-0.39, 0.29) is 0 Å². The molecule has 0 atom stereocenters. The number of hydrogen-bond donors (Lipinski definition) is 0. The summed E-state index contributed by atoms with van der Waals surface area (Å²) in [7, 11) is 2.03. The lowest BCUT2D eigenvalue weighted by molar-refractivity contribution is 0.309. The molecule has 2 heteroatoms. The van der Waals surface area contributed by atoms with Gasteiger partial charge < -0.3 is 9.30 Å². The summed E-state index contributed by atoms with van der Waals surface area (Å²) in [6.07, 6.45) is 2.04. The van der Waals surface area contributed by atoms with E-state index < -0.39 is 0 Å². The number of fused-ring (bicyclic) bond motifs is 1. The van der Waals surface area contributed by atoms with Gasteiger partial charge >= 0.3 is 0 Å².